The van der Waals surface area contributed by atoms with Crippen LogP contribution in [0.4, 0.5) is 0 Å². The van der Waals surface area contributed by atoms with Gasteiger partial charge in [-0.3, -0.25) is 0 Å². The van der Waals surface area contributed by atoms with Crippen molar-refractivity contribution in [3.8, 4) is 0 Å². The highest BCUT2D eigenvalue weighted by Crippen LogP contribution is 2.22. The summed E-state index contributed by atoms with van der Waals surface area (Å²) in [7, 11) is -3.52. The minimum Gasteiger partial charge on any atom is -0.462 e. The normalized spacial score (nSPS) is 11.4. The standard InChI is InChI=1S/C16H19NO4S/c1-4-21-16(18)14-9-17-12(3)15(14)10-22(19,20)13-7-5-11(2)6-8-13/h5-9,17H,4,10H2,1-3H3. The first-order valence-corrected chi connectivity index (χ1v) is 8.63. The molecule has 0 fully saturated rings. The lowest BCUT2D eigenvalue weighted by molar-refractivity contribution is 0.0525. The third-order valence-corrected chi connectivity index (χ3v) is 5.08. The van der Waals surface area contributed by atoms with Gasteiger partial charge in [0.1, 0.15) is 0 Å². The zero-order valence-electron chi connectivity index (χ0n) is 12.8. The van der Waals surface area contributed by atoms with Crippen LogP contribution in [0.25, 0.3) is 0 Å². The lowest BCUT2D eigenvalue weighted by atomic mass is 10.2. The summed E-state index contributed by atoms with van der Waals surface area (Å²) in [6.07, 6.45) is 1.49. The number of H-pyrrole nitrogens is 1. The maximum absolute atomic E-state index is 12.5. The van der Waals surface area contributed by atoms with Crippen LogP contribution in [0, 0.1) is 13.8 Å². The Hall–Kier alpha value is -2.08. The Kier molecular flexibility index (Phi) is 4.71. The molecule has 0 aliphatic heterocycles. The fourth-order valence-electron chi connectivity index (χ4n) is 2.15. The van der Waals surface area contributed by atoms with E-state index in [2.05, 4.69) is 4.98 Å². The molecule has 0 bridgehead atoms. The molecule has 22 heavy (non-hydrogen) atoms. The Balaban J connectivity index is 2.36. The summed E-state index contributed by atoms with van der Waals surface area (Å²) in [6, 6.07) is 6.67. The second-order valence-corrected chi connectivity index (χ2v) is 7.09. The summed E-state index contributed by atoms with van der Waals surface area (Å²) < 4.78 is 30.0. The van der Waals surface area contributed by atoms with Gasteiger partial charge in [-0.05, 0) is 32.9 Å². The summed E-state index contributed by atoms with van der Waals surface area (Å²) >= 11 is 0. The zero-order chi connectivity index (χ0) is 16.3. The van der Waals surface area contributed by atoms with E-state index in [1.54, 1.807) is 38.1 Å². The summed E-state index contributed by atoms with van der Waals surface area (Å²) in [5.41, 5.74) is 2.37. The molecule has 1 aromatic carbocycles. The van der Waals surface area contributed by atoms with Gasteiger partial charge >= 0.3 is 5.97 Å². The van der Waals surface area contributed by atoms with Crippen molar-refractivity contribution in [3.05, 3.63) is 52.8 Å². The third kappa shape index (κ3) is 3.39. The fourth-order valence-corrected chi connectivity index (χ4v) is 3.62. The summed E-state index contributed by atoms with van der Waals surface area (Å²) in [5, 5.41) is 0. The van der Waals surface area contributed by atoms with Crippen LogP contribution in [0.1, 0.15) is 34.1 Å². The van der Waals surface area contributed by atoms with Crippen LogP contribution in [0.15, 0.2) is 35.4 Å². The van der Waals surface area contributed by atoms with E-state index in [4.69, 9.17) is 4.74 Å². The quantitative estimate of drug-likeness (QED) is 0.859. The Morgan fingerprint density at radius 3 is 2.41 bits per heavy atom. The van der Waals surface area contributed by atoms with Crippen molar-refractivity contribution < 1.29 is 17.9 Å². The van der Waals surface area contributed by atoms with E-state index in [0.29, 0.717) is 11.3 Å². The molecule has 1 N–H and O–H groups in total. The van der Waals surface area contributed by atoms with Crippen molar-refractivity contribution in [2.24, 2.45) is 0 Å². The van der Waals surface area contributed by atoms with Gasteiger partial charge in [-0.15, -0.1) is 0 Å². The Morgan fingerprint density at radius 1 is 1.18 bits per heavy atom. The van der Waals surface area contributed by atoms with E-state index in [-0.39, 0.29) is 22.8 Å². The van der Waals surface area contributed by atoms with Crippen LogP contribution in [-0.2, 0) is 20.3 Å². The molecule has 6 heteroatoms. The van der Waals surface area contributed by atoms with E-state index in [0.717, 1.165) is 5.56 Å². The number of nitrogens with one attached hydrogen (secondary N) is 1. The Labute approximate surface area is 130 Å². The molecule has 0 aliphatic rings. The molecule has 0 aliphatic carbocycles. The number of aromatic nitrogens is 1. The molecule has 2 rings (SSSR count). The Bertz CT molecular complexity index is 773. The lowest BCUT2D eigenvalue weighted by Crippen LogP contribution is -2.11. The molecule has 0 saturated carbocycles. The molecule has 0 saturated heterocycles. The molecule has 1 heterocycles. The van der Waals surface area contributed by atoms with Gasteiger partial charge in [0.05, 0.1) is 22.8 Å². The number of carbonyl (C=O) groups excluding carboxylic acids is 1. The van der Waals surface area contributed by atoms with Crippen molar-refractivity contribution in [1.29, 1.82) is 0 Å². The van der Waals surface area contributed by atoms with E-state index in [1.807, 2.05) is 6.92 Å². The highest BCUT2D eigenvalue weighted by atomic mass is 32.2. The van der Waals surface area contributed by atoms with Crippen molar-refractivity contribution >= 4 is 15.8 Å². The number of ether oxygens (including phenoxy) is 1. The van der Waals surface area contributed by atoms with Gasteiger partial charge in [0.2, 0.25) is 0 Å². The minimum absolute atomic E-state index is 0.237. The Morgan fingerprint density at radius 2 is 1.82 bits per heavy atom. The number of aromatic amines is 1. The molecule has 0 amide bonds. The van der Waals surface area contributed by atoms with Crippen molar-refractivity contribution in [2.75, 3.05) is 6.61 Å². The molecule has 2 aromatic rings. The number of hydrogen-bond acceptors (Lipinski definition) is 4. The van der Waals surface area contributed by atoms with E-state index in [1.165, 1.54) is 6.20 Å². The van der Waals surface area contributed by atoms with E-state index >= 15 is 0 Å². The molecular weight excluding hydrogens is 302 g/mol. The highest BCUT2D eigenvalue weighted by molar-refractivity contribution is 7.90. The average Bonchev–Trinajstić information content (AvgIpc) is 2.80. The van der Waals surface area contributed by atoms with Gasteiger partial charge in [0.15, 0.2) is 9.84 Å². The predicted octanol–water partition coefficient (Wildman–Crippen LogP) is 2.78. The topological polar surface area (TPSA) is 76.2 Å². The number of rotatable bonds is 5. The molecule has 0 unspecified atom stereocenters. The first kappa shape index (κ1) is 16.3. The molecule has 5 nitrogen and oxygen atoms in total. The first-order chi connectivity index (χ1) is 10.3. The van der Waals surface area contributed by atoms with Gasteiger partial charge in [-0.25, -0.2) is 13.2 Å². The van der Waals surface area contributed by atoms with Gasteiger partial charge in [0.25, 0.3) is 0 Å². The number of aryl methyl sites for hydroxylation is 2. The smallest absolute Gasteiger partial charge is 0.339 e. The van der Waals surface area contributed by atoms with Crippen molar-refractivity contribution in [3.63, 3.8) is 0 Å². The molecule has 1 aromatic heterocycles. The van der Waals surface area contributed by atoms with Crippen molar-refractivity contribution in [1.82, 2.24) is 4.98 Å². The number of carbonyl (C=O) groups is 1. The number of sulfone groups is 1. The lowest BCUT2D eigenvalue weighted by Gasteiger charge is -2.07. The minimum atomic E-state index is -3.52. The van der Waals surface area contributed by atoms with Gasteiger partial charge < -0.3 is 9.72 Å². The second-order valence-electron chi connectivity index (χ2n) is 5.10. The third-order valence-electron chi connectivity index (χ3n) is 3.42. The van der Waals surface area contributed by atoms with Crippen LogP contribution in [0.2, 0.25) is 0 Å². The maximum Gasteiger partial charge on any atom is 0.339 e. The van der Waals surface area contributed by atoms with Crippen LogP contribution in [0.5, 0.6) is 0 Å². The SMILES string of the molecule is CCOC(=O)c1c[nH]c(C)c1CS(=O)(=O)c1ccc(C)cc1. The van der Waals surface area contributed by atoms with Gasteiger partial charge in [-0.2, -0.15) is 0 Å². The van der Waals surface area contributed by atoms with Crippen molar-refractivity contribution in [2.45, 2.75) is 31.4 Å². The highest BCUT2D eigenvalue weighted by Gasteiger charge is 2.23. The molecule has 0 radical (unpaired) electrons. The van der Waals surface area contributed by atoms with Gasteiger partial charge in [0, 0.05) is 17.5 Å². The summed E-state index contributed by atoms with van der Waals surface area (Å²) in [6.45, 7) is 5.58. The first-order valence-electron chi connectivity index (χ1n) is 6.98. The molecule has 0 spiro atoms. The molecule has 118 valence electrons. The fraction of sp³-hybridized carbons (Fsp3) is 0.312. The summed E-state index contributed by atoms with van der Waals surface area (Å²) in [5.74, 6) is -0.750. The predicted molar refractivity (Wildman–Crippen MR) is 83.6 cm³/mol. The van der Waals surface area contributed by atoms with E-state index in [9.17, 15) is 13.2 Å². The van der Waals surface area contributed by atoms with E-state index < -0.39 is 15.8 Å². The largest absolute Gasteiger partial charge is 0.462 e. The molecular formula is C16H19NO4S. The van der Waals surface area contributed by atoms with Crippen LogP contribution >= 0.6 is 0 Å². The van der Waals surface area contributed by atoms with Crippen LogP contribution in [-0.4, -0.2) is 26.0 Å². The number of benzene rings is 1. The second kappa shape index (κ2) is 6.36. The maximum atomic E-state index is 12.5. The average molecular weight is 321 g/mol. The monoisotopic (exact) mass is 321 g/mol. The van der Waals surface area contributed by atoms with Gasteiger partial charge in [-0.1, -0.05) is 17.7 Å². The number of esters is 1. The van der Waals surface area contributed by atoms with Crippen LogP contribution in [0.3, 0.4) is 0 Å². The van der Waals surface area contributed by atoms with Crippen LogP contribution < -0.4 is 0 Å². The molecule has 0 atom stereocenters. The number of hydrogen-bond donors (Lipinski definition) is 1. The summed E-state index contributed by atoms with van der Waals surface area (Å²) in [4.78, 5) is 15.0. The zero-order valence-corrected chi connectivity index (χ0v) is 13.7.